The number of aliphatic hydroxyl groups excluding tert-OH is 1. The summed E-state index contributed by atoms with van der Waals surface area (Å²) in [6.45, 7) is 1.30. The highest BCUT2D eigenvalue weighted by molar-refractivity contribution is 7.59. The zero-order chi connectivity index (χ0) is 29.4. The van der Waals surface area contributed by atoms with Gasteiger partial charge in [0.2, 0.25) is 12.2 Å². The first-order valence-electron chi connectivity index (χ1n) is 12.1. The summed E-state index contributed by atoms with van der Waals surface area (Å²) in [7, 11) is 1.72. The van der Waals surface area contributed by atoms with Crippen LogP contribution in [0.1, 0.15) is 23.6 Å². The van der Waals surface area contributed by atoms with Gasteiger partial charge in [-0.2, -0.15) is 26.7 Å². The van der Waals surface area contributed by atoms with E-state index in [1.807, 2.05) is 6.07 Å². The number of oxazole rings is 1. The van der Waals surface area contributed by atoms with Gasteiger partial charge in [-0.05, 0) is 41.8 Å². The summed E-state index contributed by atoms with van der Waals surface area (Å²) in [6.07, 6.45) is -5.30. The SMILES string of the molecule is CN(C(=O)Cc1ccc2oc(=O)[nH]c2c1)C(CN1CC[C@H](O)C1)c1cccc(OCC(=O)O)c1.O=CC(F)(F)F.S. The number of aromatic amines is 1. The number of ether oxygens (including phenoxy) is 1. The number of β-amino-alcohol motifs (C(OH)–C–C–N with tert-alkyl or cyclic N) is 1. The molecule has 1 fully saturated rings. The van der Waals surface area contributed by atoms with Gasteiger partial charge in [-0.3, -0.25) is 19.5 Å². The molecule has 1 aliphatic heterocycles. The zero-order valence-electron chi connectivity index (χ0n) is 21.9. The maximum Gasteiger partial charge on any atom is 0.446 e. The molecule has 0 aliphatic carbocycles. The minimum Gasteiger partial charge on any atom is -0.482 e. The summed E-state index contributed by atoms with van der Waals surface area (Å²) in [4.78, 5) is 50.6. The molecule has 1 aromatic heterocycles. The third-order valence-electron chi connectivity index (χ3n) is 6.12. The Bertz CT molecular complexity index is 1390. The molecule has 2 heterocycles. The number of H-pyrrole nitrogens is 1. The minimum atomic E-state index is -4.64. The Balaban J connectivity index is 0.000000760. The van der Waals surface area contributed by atoms with E-state index in [1.165, 1.54) is 0 Å². The molecule has 1 unspecified atom stereocenters. The number of aliphatic carboxylic acids is 1. The third kappa shape index (κ3) is 10.3. The molecule has 0 saturated carbocycles. The zero-order valence-corrected chi connectivity index (χ0v) is 22.9. The van der Waals surface area contributed by atoms with Gasteiger partial charge in [0.1, 0.15) is 5.75 Å². The van der Waals surface area contributed by atoms with Crippen molar-refractivity contribution in [1.29, 1.82) is 0 Å². The second-order valence-corrected chi connectivity index (χ2v) is 9.16. The van der Waals surface area contributed by atoms with E-state index in [1.54, 1.807) is 48.3 Å². The molecule has 2 atom stereocenters. The molecule has 0 spiro atoms. The summed E-state index contributed by atoms with van der Waals surface area (Å²) < 4.78 is 41.6. The Morgan fingerprint density at radius 3 is 2.59 bits per heavy atom. The van der Waals surface area contributed by atoms with Crippen molar-refractivity contribution in [3.63, 3.8) is 0 Å². The number of hydrogen-bond acceptors (Lipinski definition) is 8. The fourth-order valence-corrected chi connectivity index (χ4v) is 4.21. The number of likely N-dealkylation sites (N-methyl/N-ethyl adjacent to an activating group) is 1. The number of fused-ring (bicyclic) bond motifs is 1. The largest absolute Gasteiger partial charge is 0.482 e. The Morgan fingerprint density at radius 1 is 1.27 bits per heavy atom. The Labute approximate surface area is 238 Å². The minimum absolute atomic E-state index is 0. The van der Waals surface area contributed by atoms with E-state index < -0.39 is 36.9 Å². The lowest BCUT2D eigenvalue weighted by Crippen LogP contribution is -2.39. The first kappa shape index (κ1) is 33.4. The van der Waals surface area contributed by atoms with Crippen LogP contribution in [0.25, 0.3) is 11.1 Å². The number of aromatic nitrogens is 1. The highest BCUT2D eigenvalue weighted by atomic mass is 32.1. The van der Waals surface area contributed by atoms with E-state index in [-0.39, 0.29) is 31.9 Å². The Hall–Kier alpha value is -3.82. The first-order valence-corrected chi connectivity index (χ1v) is 12.1. The van der Waals surface area contributed by atoms with Crippen molar-refractivity contribution in [2.24, 2.45) is 0 Å². The number of rotatable bonds is 9. The number of halogens is 3. The van der Waals surface area contributed by atoms with Crippen molar-refractivity contribution >= 4 is 42.8 Å². The molecule has 1 aliphatic rings. The average molecular weight is 602 g/mol. The summed E-state index contributed by atoms with van der Waals surface area (Å²) in [5, 5.41) is 18.9. The lowest BCUT2D eigenvalue weighted by molar-refractivity contribution is -0.156. The third-order valence-corrected chi connectivity index (χ3v) is 6.12. The van der Waals surface area contributed by atoms with Crippen LogP contribution in [0.5, 0.6) is 5.75 Å². The fourth-order valence-electron chi connectivity index (χ4n) is 4.21. The molecule has 2 aromatic carbocycles. The van der Waals surface area contributed by atoms with E-state index in [0.29, 0.717) is 36.4 Å². The van der Waals surface area contributed by atoms with Gasteiger partial charge in [0, 0.05) is 26.7 Å². The molecule has 11 nitrogen and oxygen atoms in total. The maximum atomic E-state index is 13.3. The second kappa shape index (κ2) is 14.7. The number of carbonyl (C=O) groups is 3. The van der Waals surface area contributed by atoms with Gasteiger partial charge in [-0.25, -0.2) is 9.59 Å². The van der Waals surface area contributed by atoms with Crippen molar-refractivity contribution in [3.8, 4) is 5.75 Å². The highest BCUT2D eigenvalue weighted by Crippen LogP contribution is 2.27. The smallest absolute Gasteiger partial charge is 0.446 e. The standard InChI is InChI=1S/C24H27N3O7.C2HF3O.H2S/c1-26(22(29)10-15-5-6-21-19(9-15)25-24(32)34-21)20(13-27-8-7-17(28)12-27)16-3-2-4-18(11-16)33-14-23(30)31;3-2(4,5)1-6;/h2-6,9,11,17,20,28H,7-8,10,12-14H2,1H3,(H,25,32)(H,30,31);1H;1H2/t17-,20?;;/m0../s1. The molecule has 15 heteroatoms. The lowest BCUT2D eigenvalue weighted by atomic mass is 10.0. The summed E-state index contributed by atoms with van der Waals surface area (Å²) in [6, 6.07) is 11.8. The normalized spacial score (nSPS) is 15.8. The van der Waals surface area contributed by atoms with Crippen LogP contribution in [0, 0.1) is 0 Å². The number of benzene rings is 2. The van der Waals surface area contributed by atoms with Crippen molar-refractivity contribution < 1.29 is 46.9 Å². The van der Waals surface area contributed by atoms with Crippen molar-refractivity contribution in [2.45, 2.75) is 31.2 Å². The summed E-state index contributed by atoms with van der Waals surface area (Å²) in [5.74, 6) is -1.35. The van der Waals surface area contributed by atoms with Crippen LogP contribution in [-0.2, 0) is 20.8 Å². The van der Waals surface area contributed by atoms with Gasteiger partial charge < -0.3 is 24.3 Å². The molecule has 0 radical (unpaired) electrons. The lowest BCUT2D eigenvalue weighted by Gasteiger charge is -2.32. The van der Waals surface area contributed by atoms with Crippen molar-refractivity contribution in [1.82, 2.24) is 14.8 Å². The number of alkyl halides is 3. The van der Waals surface area contributed by atoms with Crippen LogP contribution in [0.15, 0.2) is 51.7 Å². The van der Waals surface area contributed by atoms with E-state index in [4.69, 9.17) is 19.1 Å². The Morgan fingerprint density at radius 2 is 1.98 bits per heavy atom. The molecule has 4 rings (SSSR count). The van der Waals surface area contributed by atoms with Crippen LogP contribution in [0.3, 0.4) is 0 Å². The number of aldehydes is 1. The molecule has 224 valence electrons. The molecule has 41 heavy (non-hydrogen) atoms. The quantitative estimate of drug-likeness (QED) is 0.314. The van der Waals surface area contributed by atoms with Crippen LogP contribution in [0.4, 0.5) is 13.2 Å². The number of aliphatic hydroxyl groups is 1. The van der Waals surface area contributed by atoms with Crippen LogP contribution < -0.4 is 10.5 Å². The molecule has 1 saturated heterocycles. The number of hydrogen-bond donors (Lipinski definition) is 3. The second-order valence-electron chi connectivity index (χ2n) is 9.16. The van der Waals surface area contributed by atoms with E-state index in [2.05, 4.69) is 9.88 Å². The number of carboxylic acids is 1. The molecule has 3 aromatic rings. The van der Waals surface area contributed by atoms with Gasteiger partial charge in [-0.1, -0.05) is 18.2 Å². The molecular formula is C26H30F3N3O8S. The molecule has 3 N–H and O–H groups in total. The van der Waals surface area contributed by atoms with Gasteiger partial charge in [0.05, 0.1) is 24.1 Å². The van der Waals surface area contributed by atoms with Crippen LogP contribution in [0.2, 0.25) is 0 Å². The molecule has 1 amide bonds. The van der Waals surface area contributed by atoms with Gasteiger partial charge >= 0.3 is 17.9 Å². The summed E-state index contributed by atoms with van der Waals surface area (Å²) in [5.41, 5.74) is 2.49. The van der Waals surface area contributed by atoms with Gasteiger partial charge in [0.25, 0.3) is 0 Å². The highest BCUT2D eigenvalue weighted by Gasteiger charge is 2.28. The van der Waals surface area contributed by atoms with Crippen LogP contribution >= 0.6 is 13.5 Å². The number of carboxylic acid groups (broad SMARTS) is 1. The average Bonchev–Trinajstić information content (AvgIpc) is 3.49. The number of likely N-dealkylation sites (tertiary alicyclic amines) is 1. The van der Waals surface area contributed by atoms with Crippen LogP contribution in [-0.4, -0.2) is 88.7 Å². The number of nitrogens with one attached hydrogen (secondary N) is 1. The van der Waals surface area contributed by atoms with Crippen molar-refractivity contribution in [3.05, 3.63) is 64.1 Å². The number of carbonyl (C=O) groups excluding carboxylic acids is 2. The van der Waals surface area contributed by atoms with E-state index >= 15 is 0 Å². The van der Waals surface area contributed by atoms with Crippen molar-refractivity contribution in [2.75, 3.05) is 33.3 Å². The summed E-state index contributed by atoms with van der Waals surface area (Å²) >= 11 is 0. The maximum absolute atomic E-state index is 13.3. The number of nitrogens with zero attached hydrogens (tertiary/aromatic N) is 2. The van der Waals surface area contributed by atoms with E-state index in [0.717, 1.165) is 17.7 Å². The monoisotopic (exact) mass is 601 g/mol. The molecule has 0 bridgehead atoms. The first-order chi connectivity index (χ1) is 18.8. The van der Waals surface area contributed by atoms with Gasteiger partial charge in [0.15, 0.2) is 12.2 Å². The number of amides is 1. The van der Waals surface area contributed by atoms with Gasteiger partial charge in [-0.15, -0.1) is 0 Å². The Kier molecular flexibility index (Phi) is 12.0. The predicted molar refractivity (Wildman–Crippen MR) is 145 cm³/mol. The van der Waals surface area contributed by atoms with E-state index in [9.17, 15) is 32.7 Å². The topological polar surface area (TPSA) is 153 Å². The molecular weight excluding hydrogens is 571 g/mol. The fraction of sp³-hybridized carbons (Fsp3) is 0.385. The predicted octanol–water partition coefficient (Wildman–Crippen LogP) is 2.25.